The van der Waals surface area contributed by atoms with Gasteiger partial charge in [-0.2, -0.15) is 0 Å². The Balaban J connectivity index is 1.96. The maximum absolute atomic E-state index is 10.9. The van der Waals surface area contributed by atoms with Crippen molar-refractivity contribution in [1.29, 1.82) is 0 Å². The summed E-state index contributed by atoms with van der Waals surface area (Å²) in [6.45, 7) is 6.85. The molecule has 0 unspecified atom stereocenters. The fourth-order valence-electron chi connectivity index (χ4n) is 2.49. The molecule has 6 nitrogen and oxygen atoms in total. The summed E-state index contributed by atoms with van der Waals surface area (Å²) >= 11 is 0. The van der Waals surface area contributed by atoms with E-state index in [9.17, 15) is 10.1 Å². The Morgan fingerprint density at radius 2 is 1.85 bits per heavy atom. The molecule has 1 saturated heterocycles. The predicted molar refractivity (Wildman–Crippen MR) is 81.4 cm³/mol. The zero-order chi connectivity index (χ0) is 14.4. The summed E-state index contributed by atoms with van der Waals surface area (Å²) in [5.41, 5.74) is 1.70. The van der Waals surface area contributed by atoms with Crippen molar-refractivity contribution in [3.8, 4) is 0 Å². The second kappa shape index (κ2) is 7.09. The van der Waals surface area contributed by atoms with Crippen LogP contribution in [0.25, 0.3) is 0 Å². The number of hydrogen-bond acceptors (Lipinski definition) is 5. The highest BCUT2D eigenvalue weighted by Crippen LogP contribution is 2.24. The van der Waals surface area contributed by atoms with Crippen molar-refractivity contribution in [1.82, 2.24) is 4.90 Å². The summed E-state index contributed by atoms with van der Waals surface area (Å²) in [7, 11) is 0. The largest absolute Gasteiger partial charge is 0.385 e. The molecular weight excluding hydrogens is 256 g/mol. The molecule has 2 N–H and O–H groups in total. The molecule has 110 valence electrons. The molecule has 0 aliphatic carbocycles. The lowest BCUT2D eigenvalue weighted by Gasteiger charge is -2.15. The first-order chi connectivity index (χ1) is 9.69. The lowest BCUT2D eigenvalue weighted by atomic mass is 10.2. The van der Waals surface area contributed by atoms with Crippen LogP contribution in [0.5, 0.6) is 0 Å². The summed E-state index contributed by atoms with van der Waals surface area (Å²) < 4.78 is 0. The van der Waals surface area contributed by atoms with Crippen molar-refractivity contribution in [2.24, 2.45) is 0 Å². The van der Waals surface area contributed by atoms with Crippen molar-refractivity contribution >= 4 is 17.1 Å². The van der Waals surface area contributed by atoms with E-state index in [1.165, 1.54) is 25.9 Å². The van der Waals surface area contributed by atoms with Crippen molar-refractivity contribution in [3.63, 3.8) is 0 Å². The third-order valence-corrected chi connectivity index (χ3v) is 3.47. The SMILES string of the molecule is CCNc1cc(NCCN2CCCC2)cc([N+](=O)[O-])c1. The van der Waals surface area contributed by atoms with Gasteiger partial charge >= 0.3 is 0 Å². The van der Waals surface area contributed by atoms with E-state index in [4.69, 9.17) is 0 Å². The average Bonchev–Trinajstić information content (AvgIpc) is 2.92. The van der Waals surface area contributed by atoms with Crippen LogP contribution in [0.4, 0.5) is 17.1 Å². The summed E-state index contributed by atoms with van der Waals surface area (Å²) in [6.07, 6.45) is 2.56. The molecular formula is C14H22N4O2. The van der Waals surface area contributed by atoms with Crippen LogP contribution in [0.1, 0.15) is 19.8 Å². The standard InChI is InChI=1S/C14H22N4O2/c1-2-15-12-9-13(11-14(10-12)18(19)20)16-5-8-17-6-3-4-7-17/h9-11,15-16H,2-8H2,1H3. The van der Waals surface area contributed by atoms with Gasteiger partial charge in [0.15, 0.2) is 0 Å². The van der Waals surface area contributed by atoms with Gasteiger partial charge in [0.05, 0.1) is 4.92 Å². The normalized spacial score (nSPS) is 15.2. The topological polar surface area (TPSA) is 70.4 Å². The van der Waals surface area contributed by atoms with E-state index >= 15 is 0 Å². The molecule has 1 heterocycles. The van der Waals surface area contributed by atoms with E-state index in [1.54, 1.807) is 12.1 Å². The van der Waals surface area contributed by atoms with Crippen LogP contribution in [-0.2, 0) is 0 Å². The number of rotatable bonds is 7. The third-order valence-electron chi connectivity index (χ3n) is 3.47. The Labute approximate surface area is 119 Å². The molecule has 0 radical (unpaired) electrons. The molecule has 0 bridgehead atoms. The number of non-ortho nitro benzene ring substituents is 1. The van der Waals surface area contributed by atoms with Crippen LogP contribution in [0, 0.1) is 10.1 Å². The van der Waals surface area contributed by atoms with Crippen LogP contribution in [-0.4, -0.2) is 42.5 Å². The number of nitro groups is 1. The van der Waals surface area contributed by atoms with E-state index in [2.05, 4.69) is 15.5 Å². The van der Waals surface area contributed by atoms with Gasteiger partial charge in [-0.15, -0.1) is 0 Å². The molecule has 1 aromatic rings. The highest BCUT2D eigenvalue weighted by Gasteiger charge is 2.12. The number of nitrogens with one attached hydrogen (secondary N) is 2. The Morgan fingerprint density at radius 3 is 2.45 bits per heavy atom. The first-order valence-electron chi connectivity index (χ1n) is 7.18. The smallest absolute Gasteiger partial charge is 0.273 e. The summed E-state index contributed by atoms with van der Waals surface area (Å²) in [6, 6.07) is 5.07. The van der Waals surface area contributed by atoms with Crippen LogP contribution in [0.15, 0.2) is 18.2 Å². The highest BCUT2D eigenvalue weighted by molar-refractivity contribution is 5.63. The Bertz CT molecular complexity index is 458. The molecule has 6 heteroatoms. The van der Waals surface area contributed by atoms with Gasteiger partial charge < -0.3 is 15.5 Å². The Kier molecular flexibility index (Phi) is 5.17. The first kappa shape index (κ1) is 14.6. The van der Waals surface area contributed by atoms with Gasteiger partial charge in [-0.05, 0) is 38.9 Å². The van der Waals surface area contributed by atoms with Gasteiger partial charge in [-0.3, -0.25) is 10.1 Å². The molecule has 0 amide bonds. The average molecular weight is 278 g/mol. The van der Waals surface area contributed by atoms with Gasteiger partial charge in [0.25, 0.3) is 5.69 Å². The molecule has 1 aromatic carbocycles. The summed E-state index contributed by atoms with van der Waals surface area (Å²) in [4.78, 5) is 13.0. The number of hydrogen-bond donors (Lipinski definition) is 2. The van der Waals surface area contributed by atoms with E-state index in [0.29, 0.717) is 0 Å². The van der Waals surface area contributed by atoms with Gasteiger partial charge in [0.2, 0.25) is 0 Å². The zero-order valence-corrected chi connectivity index (χ0v) is 11.9. The van der Waals surface area contributed by atoms with Crippen LogP contribution < -0.4 is 10.6 Å². The maximum Gasteiger partial charge on any atom is 0.273 e. The summed E-state index contributed by atoms with van der Waals surface area (Å²) in [5, 5.41) is 17.3. The highest BCUT2D eigenvalue weighted by atomic mass is 16.6. The quantitative estimate of drug-likeness (QED) is 0.592. The minimum atomic E-state index is -0.355. The summed E-state index contributed by atoms with van der Waals surface area (Å²) in [5.74, 6) is 0. The van der Waals surface area contributed by atoms with Gasteiger partial charge in [-0.25, -0.2) is 0 Å². The van der Waals surface area contributed by atoms with E-state index < -0.39 is 0 Å². The second-order valence-corrected chi connectivity index (χ2v) is 5.03. The van der Waals surface area contributed by atoms with E-state index in [0.717, 1.165) is 31.0 Å². The van der Waals surface area contributed by atoms with Gasteiger partial charge in [-0.1, -0.05) is 0 Å². The molecule has 0 aromatic heterocycles. The van der Waals surface area contributed by atoms with Crippen molar-refractivity contribution in [2.45, 2.75) is 19.8 Å². The minimum Gasteiger partial charge on any atom is -0.385 e. The van der Waals surface area contributed by atoms with Crippen molar-refractivity contribution < 1.29 is 4.92 Å². The number of likely N-dealkylation sites (tertiary alicyclic amines) is 1. The fraction of sp³-hybridized carbons (Fsp3) is 0.571. The lowest BCUT2D eigenvalue weighted by molar-refractivity contribution is -0.384. The van der Waals surface area contributed by atoms with Gasteiger partial charge in [0, 0.05) is 43.1 Å². The van der Waals surface area contributed by atoms with E-state index in [1.807, 2.05) is 13.0 Å². The predicted octanol–water partition coefficient (Wildman–Crippen LogP) is 2.53. The molecule has 0 saturated carbocycles. The molecule has 1 aliphatic heterocycles. The second-order valence-electron chi connectivity index (χ2n) is 5.03. The minimum absolute atomic E-state index is 0.118. The Morgan fingerprint density at radius 1 is 1.20 bits per heavy atom. The Hall–Kier alpha value is -1.82. The van der Waals surface area contributed by atoms with E-state index in [-0.39, 0.29) is 10.6 Å². The van der Waals surface area contributed by atoms with Crippen LogP contribution in [0.2, 0.25) is 0 Å². The first-order valence-corrected chi connectivity index (χ1v) is 7.18. The van der Waals surface area contributed by atoms with Crippen LogP contribution in [0.3, 0.4) is 0 Å². The van der Waals surface area contributed by atoms with Crippen LogP contribution >= 0.6 is 0 Å². The van der Waals surface area contributed by atoms with Gasteiger partial charge in [0.1, 0.15) is 0 Å². The fourth-order valence-corrected chi connectivity index (χ4v) is 2.49. The maximum atomic E-state index is 10.9. The third kappa shape index (κ3) is 4.09. The molecule has 0 atom stereocenters. The number of anilines is 2. The number of benzene rings is 1. The molecule has 2 rings (SSSR count). The molecule has 0 spiro atoms. The monoisotopic (exact) mass is 278 g/mol. The molecule has 1 aliphatic rings. The number of nitro benzene ring substituents is 1. The molecule has 1 fully saturated rings. The number of nitrogens with zero attached hydrogens (tertiary/aromatic N) is 2. The van der Waals surface area contributed by atoms with Crippen molar-refractivity contribution in [2.75, 3.05) is 43.4 Å². The molecule has 20 heavy (non-hydrogen) atoms. The lowest BCUT2D eigenvalue weighted by Crippen LogP contribution is -2.25. The van der Waals surface area contributed by atoms with Crippen molar-refractivity contribution in [3.05, 3.63) is 28.3 Å². The zero-order valence-electron chi connectivity index (χ0n) is 11.9.